The molecule has 1 aliphatic heterocycles. The fourth-order valence-corrected chi connectivity index (χ4v) is 9.89. The number of rotatable bonds is 11. The highest BCUT2D eigenvalue weighted by Crippen LogP contribution is 2.68. The Morgan fingerprint density at radius 3 is 2.40 bits per heavy atom. The maximum absolute atomic E-state index is 15.6. The third-order valence-electron chi connectivity index (χ3n) is 11.6. The quantitative estimate of drug-likeness (QED) is 0.136. The number of fused-ring (bicyclic) bond motifs is 5. The lowest BCUT2D eigenvalue weighted by atomic mass is 10.0. The number of alkyl halides is 4. The summed E-state index contributed by atoms with van der Waals surface area (Å²) in [5, 5.41) is 11.0. The first-order valence-corrected chi connectivity index (χ1v) is 22.1. The zero-order valence-corrected chi connectivity index (χ0v) is 35.4. The van der Waals surface area contributed by atoms with E-state index in [1.54, 1.807) is 18.2 Å². The summed E-state index contributed by atoms with van der Waals surface area (Å²) in [4.78, 5) is 36.2. The lowest BCUT2D eigenvalue weighted by molar-refractivity contribution is -0.123. The number of carbonyl (C=O) groups is 1. The molecule has 1 saturated heterocycles. The van der Waals surface area contributed by atoms with Crippen molar-refractivity contribution in [3.05, 3.63) is 104 Å². The molecule has 4 heterocycles. The Morgan fingerprint density at radius 2 is 1.73 bits per heavy atom. The number of ether oxygens (including phenoxy) is 1. The van der Waals surface area contributed by atoms with E-state index < -0.39 is 87.7 Å². The summed E-state index contributed by atoms with van der Waals surface area (Å²) in [6, 6.07) is 8.92. The lowest BCUT2D eigenvalue weighted by Gasteiger charge is -2.37. The standard InChI is InChI=1S/C41H38ClF6N9O5S/c1-18-15-55(16-19(2)62-18)23-5-6-24-28(13-23)50-39(57(40(24)59)30-8-7-27(42)33-35(30)54(3)52-38(33)53-63(4,60)61)29(11-20-9-21(43)12-22(44)10-20)49-31(58)17-56-36-32(34(51-56)37(45)46)25-14-26(25)41(36,47)48/h5-10,12-13,18-19,25-26,29,37H,11,14-17H2,1-4H3,(H,49,58)(H,52,53)/t18-,19+,25-,26+,29-/m0/s1. The molecule has 22 heteroatoms. The average molecular weight is 918 g/mol. The van der Waals surface area contributed by atoms with E-state index in [1.165, 1.54) is 23.9 Å². The van der Waals surface area contributed by atoms with Crippen molar-refractivity contribution in [2.75, 3.05) is 29.0 Å². The van der Waals surface area contributed by atoms with Crippen LogP contribution in [0.2, 0.25) is 5.02 Å². The van der Waals surface area contributed by atoms with E-state index in [2.05, 4.69) is 20.2 Å². The predicted octanol–water partition coefficient (Wildman–Crippen LogP) is 6.63. The SMILES string of the molecule is C[C@@H]1CN(c2ccc3c(=O)n(-c4ccc(Cl)c5c(NS(C)(=O)=O)nn(C)c45)c([C@H](Cc4cc(F)cc(F)c4)NC(=O)Cn4nc(C(F)F)c5c4C(F)(F)[C@@H]4C[C@H]54)nc3c2)C[C@H](C)O1. The van der Waals surface area contributed by atoms with Crippen LogP contribution in [-0.4, -0.2) is 75.0 Å². The highest BCUT2D eigenvalue weighted by atomic mass is 35.5. The van der Waals surface area contributed by atoms with E-state index in [9.17, 15) is 30.8 Å². The molecule has 1 amide bonds. The number of morpholine rings is 1. The molecule has 2 aliphatic carbocycles. The molecule has 0 unspecified atom stereocenters. The fourth-order valence-electron chi connectivity index (χ4n) is 9.15. The Bertz CT molecular complexity index is 3020. The number of anilines is 2. The number of nitrogens with one attached hydrogen (secondary N) is 2. The number of hydrogen-bond donors (Lipinski definition) is 2. The van der Waals surface area contributed by atoms with Gasteiger partial charge in [0.2, 0.25) is 15.9 Å². The van der Waals surface area contributed by atoms with Gasteiger partial charge in [-0.2, -0.15) is 19.0 Å². The Kier molecular flexibility index (Phi) is 10.3. The van der Waals surface area contributed by atoms with Crippen LogP contribution in [0.1, 0.15) is 67.0 Å². The predicted molar refractivity (Wildman–Crippen MR) is 220 cm³/mol. The Balaban J connectivity index is 1.24. The number of nitrogens with zero attached hydrogens (tertiary/aromatic N) is 7. The number of amides is 1. The van der Waals surface area contributed by atoms with Gasteiger partial charge < -0.3 is 15.0 Å². The molecule has 6 aromatic rings. The molecule has 0 radical (unpaired) electrons. The van der Waals surface area contributed by atoms with Crippen LogP contribution in [0.15, 0.2) is 53.3 Å². The van der Waals surface area contributed by atoms with Gasteiger partial charge in [-0.15, -0.1) is 0 Å². The second-order valence-electron chi connectivity index (χ2n) is 16.4. The van der Waals surface area contributed by atoms with Crippen LogP contribution < -0.4 is 20.5 Å². The van der Waals surface area contributed by atoms with Gasteiger partial charge >= 0.3 is 0 Å². The van der Waals surface area contributed by atoms with Crippen LogP contribution >= 0.6 is 11.6 Å². The number of aromatic nitrogens is 6. The van der Waals surface area contributed by atoms with Crippen molar-refractivity contribution < 1.29 is 44.3 Å². The first-order chi connectivity index (χ1) is 29.7. The van der Waals surface area contributed by atoms with Crippen molar-refractivity contribution in [1.82, 2.24) is 34.4 Å². The first-order valence-electron chi connectivity index (χ1n) is 19.8. The minimum atomic E-state index is -3.91. The first kappa shape index (κ1) is 42.6. The van der Waals surface area contributed by atoms with Gasteiger partial charge in [0.05, 0.1) is 57.0 Å². The van der Waals surface area contributed by atoms with Crippen molar-refractivity contribution >= 4 is 60.8 Å². The number of halogens is 7. The van der Waals surface area contributed by atoms with E-state index in [-0.39, 0.29) is 73.9 Å². The van der Waals surface area contributed by atoms with Crippen molar-refractivity contribution in [3.8, 4) is 5.69 Å². The average Bonchev–Trinajstić information content (AvgIpc) is 3.72. The van der Waals surface area contributed by atoms with Gasteiger partial charge in [-0.3, -0.25) is 28.2 Å². The van der Waals surface area contributed by atoms with Crippen LogP contribution in [0.5, 0.6) is 0 Å². The van der Waals surface area contributed by atoms with Crippen LogP contribution in [0.4, 0.5) is 37.8 Å². The maximum Gasteiger partial charge on any atom is 0.293 e. The molecular formula is C41H38ClF6N9O5S. The van der Waals surface area contributed by atoms with Crippen molar-refractivity contribution in [2.24, 2.45) is 13.0 Å². The molecule has 2 N–H and O–H groups in total. The van der Waals surface area contributed by atoms with E-state index in [0.717, 1.165) is 23.0 Å². The third kappa shape index (κ3) is 7.66. The highest BCUT2D eigenvalue weighted by molar-refractivity contribution is 7.92. The molecule has 3 aromatic carbocycles. The van der Waals surface area contributed by atoms with Crippen LogP contribution in [-0.2, 0) is 45.5 Å². The zero-order chi connectivity index (χ0) is 45.0. The van der Waals surface area contributed by atoms with Gasteiger partial charge in [-0.05, 0) is 74.2 Å². The van der Waals surface area contributed by atoms with Gasteiger partial charge in [0.1, 0.15) is 35.4 Å². The van der Waals surface area contributed by atoms with Gasteiger partial charge in [-0.25, -0.2) is 31.0 Å². The smallest absolute Gasteiger partial charge is 0.293 e. The Labute approximate surface area is 359 Å². The van der Waals surface area contributed by atoms with E-state index in [0.29, 0.717) is 29.5 Å². The van der Waals surface area contributed by atoms with Gasteiger partial charge in [0, 0.05) is 49.8 Å². The number of aryl methyl sites for hydroxylation is 1. The normalized spacial score (nSPS) is 20.9. The third-order valence-corrected chi connectivity index (χ3v) is 12.5. The molecule has 0 bridgehead atoms. The monoisotopic (exact) mass is 917 g/mol. The molecule has 5 atom stereocenters. The minimum absolute atomic E-state index is 0.000779. The topological polar surface area (TPSA) is 158 Å². The molecule has 2 fully saturated rings. The minimum Gasteiger partial charge on any atom is -0.372 e. The Morgan fingerprint density at radius 1 is 1.03 bits per heavy atom. The molecule has 3 aliphatic rings. The lowest BCUT2D eigenvalue weighted by Crippen LogP contribution is -2.45. The number of sulfonamides is 1. The maximum atomic E-state index is 15.6. The summed E-state index contributed by atoms with van der Waals surface area (Å²) in [7, 11) is -2.44. The summed E-state index contributed by atoms with van der Waals surface area (Å²) in [6.07, 6.45) is -3.01. The summed E-state index contributed by atoms with van der Waals surface area (Å²) >= 11 is 6.65. The van der Waals surface area contributed by atoms with Gasteiger partial charge in [0.15, 0.2) is 5.82 Å². The molecule has 0 spiro atoms. The second kappa shape index (κ2) is 15.3. The molecular weight excluding hydrogens is 880 g/mol. The number of carbonyl (C=O) groups excluding carboxylic acids is 1. The van der Waals surface area contributed by atoms with E-state index in [4.69, 9.17) is 21.3 Å². The Hall–Kier alpha value is -5.67. The highest BCUT2D eigenvalue weighted by Gasteiger charge is 2.67. The zero-order valence-electron chi connectivity index (χ0n) is 33.8. The van der Waals surface area contributed by atoms with Crippen LogP contribution in [0.3, 0.4) is 0 Å². The summed E-state index contributed by atoms with van der Waals surface area (Å²) in [5.41, 5.74) is -1.65. The number of benzene rings is 3. The molecule has 9 rings (SSSR count). The van der Waals surface area contributed by atoms with E-state index >= 15 is 13.6 Å². The number of hydrogen-bond acceptors (Lipinski definition) is 9. The molecule has 63 heavy (non-hydrogen) atoms. The van der Waals surface area contributed by atoms with E-state index in [1.807, 2.05) is 18.7 Å². The fraction of sp³-hybridized carbons (Fsp3) is 0.390. The van der Waals surface area contributed by atoms with Crippen molar-refractivity contribution in [1.29, 1.82) is 0 Å². The summed E-state index contributed by atoms with van der Waals surface area (Å²) in [5.74, 6) is -8.93. The second-order valence-corrected chi connectivity index (χ2v) is 18.5. The van der Waals surface area contributed by atoms with Crippen molar-refractivity contribution in [3.63, 3.8) is 0 Å². The molecule has 1 saturated carbocycles. The molecule has 3 aromatic heterocycles. The summed E-state index contributed by atoms with van der Waals surface area (Å²) < 4.78 is 125. The van der Waals surface area contributed by atoms with Crippen molar-refractivity contribution in [2.45, 2.75) is 69.7 Å². The molecule has 332 valence electrons. The van der Waals surface area contributed by atoms with Crippen LogP contribution in [0.25, 0.3) is 27.5 Å². The van der Waals surface area contributed by atoms with Gasteiger partial charge in [-0.1, -0.05) is 11.6 Å². The molecule has 14 nitrogen and oxygen atoms in total. The largest absolute Gasteiger partial charge is 0.372 e. The van der Waals surface area contributed by atoms with Crippen LogP contribution in [0, 0.1) is 17.6 Å². The summed E-state index contributed by atoms with van der Waals surface area (Å²) in [6.45, 7) is 3.86. The van der Waals surface area contributed by atoms with Gasteiger partial charge in [0.25, 0.3) is 17.9 Å².